The summed E-state index contributed by atoms with van der Waals surface area (Å²) in [6.07, 6.45) is 2.80. The number of rotatable bonds is 4. The third kappa shape index (κ3) is 2.65. The fourth-order valence-corrected chi connectivity index (χ4v) is 3.51. The van der Waals surface area contributed by atoms with Gasteiger partial charge in [0.05, 0.1) is 0 Å². The van der Waals surface area contributed by atoms with E-state index in [1.807, 2.05) is 30.5 Å². The van der Waals surface area contributed by atoms with Crippen molar-refractivity contribution in [2.45, 2.75) is 25.4 Å². The van der Waals surface area contributed by atoms with Gasteiger partial charge in [0.2, 0.25) is 16.9 Å². The van der Waals surface area contributed by atoms with Crippen LogP contribution in [0.1, 0.15) is 18.4 Å². The zero-order chi connectivity index (χ0) is 16.5. The lowest BCUT2D eigenvalue weighted by Crippen LogP contribution is -2.41. The molecule has 24 heavy (non-hydrogen) atoms. The second-order valence-corrected chi connectivity index (χ2v) is 6.50. The third-order valence-corrected chi connectivity index (χ3v) is 4.84. The van der Waals surface area contributed by atoms with Gasteiger partial charge in [-0.15, -0.1) is 10.2 Å². The number of H-pyrrole nitrogens is 1. The minimum atomic E-state index is -0.477. The molecule has 1 aromatic carbocycles. The molecule has 2 aromatic heterocycles. The highest BCUT2D eigenvalue weighted by Crippen LogP contribution is 2.26. The number of anilines is 1. The number of carbonyl (C=O) groups excluding carboxylic acids is 2. The van der Waals surface area contributed by atoms with E-state index < -0.39 is 6.04 Å². The molecule has 122 valence electrons. The van der Waals surface area contributed by atoms with Gasteiger partial charge in [0.1, 0.15) is 11.6 Å². The molecule has 4 rings (SSSR count). The Balaban J connectivity index is 1.55. The standard InChI is InChI=1S/C16H15N5O2S/c22-14-6-5-13(15(23)19-16-20-18-9-24-16)21(14)8-10-7-17-12-4-2-1-3-11(10)12/h1-4,7,9,13,17H,5-6,8H2,(H,19,20,23)/t13-/m1/s1. The van der Waals surface area contributed by atoms with E-state index in [-0.39, 0.29) is 11.8 Å². The molecule has 7 nitrogen and oxygen atoms in total. The second-order valence-electron chi connectivity index (χ2n) is 5.67. The molecule has 3 heterocycles. The predicted molar refractivity (Wildman–Crippen MR) is 90.4 cm³/mol. The second kappa shape index (κ2) is 6.04. The Kier molecular flexibility index (Phi) is 3.73. The van der Waals surface area contributed by atoms with Crippen molar-refractivity contribution in [3.8, 4) is 0 Å². The van der Waals surface area contributed by atoms with Crippen LogP contribution < -0.4 is 5.32 Å². The molecule has 0 saturated carbocycles. The minimum Gasteiger partial charge on any atom is -0.361 e. The Morgan fingerprint density at radius 3 is 3.12 bits per heavy atom. The highest BCUT2D eigenvalue weighted by atomic mass is 32.1. The lowest BCUT2D eigenvalue weighted by atomic mass is 10.1. The molecule has 1 aliphatic heterocycles. The van der Waals surface area contributed by atoms with Crippen molar-refractivity contribution in [1.82, 2.24) is 20.1 Å². The molecule has 1 saturated heterocycles. The molecule has 0 radical (unpaired) electrons. The third-order valence-electron chi connectivity index (χ3n) is 4.24. The molecule has 0 unspecified atom stereocenters. The van der Waals surface area contributed by atoms with Gasteiger partial charge >= 0.3 is 0 Å². The number of aromatic nitrogens is 3. The Labute approximate surface area is 141 Å². The SMILES string of the molecule is O=C(Nc1nncs1)[C@H]1CCC(=O)N1Cc1c[nH]c2ccccc12. The Bertz CT molecular complexity index is 889. The first-order valence-corrected chi connectivity index (χ1v) is 8.52. The average Bonchev–Trinajstić information content (AvgIpc) is 3.30. The quantitative estimate of drug-likeness (QED) is 0.761. The summed E-state index contributed by atoms with van der Waals surface area (Å²) in [5.41, 5.74) is 3.59. The van der Waals surface area contributed by atoms with Gasteiger partial charge in [-0.05, 0) is 18.1 Å². The van der Waals surface area contributed by atoms with Crippen LogP contribution in [0.15, 0.2) is 36.0 Å². The number of fused-ring (bicyclic) bond motifs is 1. The molecule has 0 spiro atoms. The number of benzene rings is 1. The number of hydrogen-bond acceptors (Lipinski definition) is 5. The summed E-state index contributed by atoms with van der Waals surface area (Å²) in [7, 11) is 0. The molecule has 8 heteroatoms. The molecule has 1 atom stereocenters. The molecule has 3 aromatic rings. The topological polar surface area (TPSA) is 91.0 Å². The van der Waals surface area contributed by atoms with Gasteiger partial charge in [0, 0.05) is 30.1 Å². The fraction of sp³-hybridized carbons (Fsp3) is 0.250. The van der Waals surface area contributed by atoms with Crippen LogP contribution in [0, 0.1) is 0 Å². The zero-order valence-corrected chi connectivity index (χ0v) is 13.5. The molecule has 1 aliphatic rings. The van der Waals surface area contributed by atoms with Crippen LogP contribution in [0.25, 0.3) is 10.9 Å². The summed E-state index contributed by atoms with van der Waals surface area (Å²) in [5, 5.41) is 11.8. The smallest absolute Gasteiger partial charge is 0.249 e. The molecule has 2 N–H and O–H groups in total. The summed E-state index contributed by atoms with van der Waals surface area (Å²) in [6.45, 7) is 0.414. The first-order chi connectivity index (χ1) is 11.7. The van der Waals surface area contributed by atoms with Gasteiger partial charge in [-0.1, -0.05) is 29.5 Å². The van der Waals surface area contributed by atoms with Crippen LogP contribution in [-0.4, -0.2) is 37.9 Å². The van der Waals surface area contributed by atoms with E-state index >= 15 is 0 Å². The Morgan fingerprint density at radius 2 is 2.29 bits per heavy atom. The first kappa shape index (κ1) is 14.8. The van der Waals surface area contributed by atoms with E-state index in [4.69, 9.17) is 0 Å². The van der Waals surface area contributed by atoms with Crippen molar-refractivity contribution in [1.29, 1.82) is 0 Å². The van der Waals surface area contributed by atoms with Crippen molar-refractivity contribution in [2.24, 2.45) is 0 Å². The van der Waals surface area contributed by atoms with Gasteiger partial charge in [0.25, 0.3) is 0 Å². The fourth-order valence-electron chi connectivity index (χ4n) is 3.07. The van der Waals surface area contributed by atoms with Gasteiger partial charge in [-0.25, -0.2) is 0 Å². The molecule has 0 bridgehead atoms. The van der Waals surface area contributed by atoms with Gasteiger partial charge in [-0.3, -0.25) is 14.9 Å². The highest BCUT2D eigenvalue weighted by molar-refractivity contribution is 7.13. The van der Waals surface area contributed by atoms with Crippen molar-refractivity contribution in [2.75, 3.05) is 5.32 Å². The monoisotopic (exact) mass is 341 g/mol. The first-order valence-electron chi connectivity index (χ1n) is 7.64. The van der Waals surface area contributed by atoms with Crippen LogP contribution in [0.2, 0.25) is 0 Å². The maximum atomic E-state index is 12.5. The van der Waals surface area contributed by atoms with E-state index in [1.54, 1.807) is 10.4 Å². The van der Waals surface area contributed by atoms with Gasteiger partial charge in [-0.2, -0.15) is 0 Å². The number of hydrogen-bond donors (Lipinski definition) is 2. The Hall–Kier alpha value is -2.74. The lowest BCUT2D eigenvalue weighted by molar-refractivity contribution is -0.133. The summed E-state index contributed by atoms with van der Waals surface area (Å²) < 4.78 is 0. The van der Waals surface area contributed by atoms with Crippen LogP contribution >= 0.6 is 11.3 Å². The minimum absolute atomic E-state index is 0.00213. The maximum Gasteiger partial charge on any atom is 0.249 e. The molecule has 2 amide bonds. The van der Waals surface area contributed by atoms with Crippen LogP contribution in [0.3, 0.4) is 0 Å². The number of para-hydroxylation sites is 1. The van der Waals surface area contributed by atoms with Crippen molar-refractivity contribution < 1.29 is 9.59 Å². The van der Waals surface area contributed by atoms with Gasteiger partial charge < -0.3 is 9.88 Å². The van der Waals surface area contributed by atoms with E-state index in [9.17, 15) is 9.59 Å². The van der Waals surface area contributed by atoms with Gasteiger partial charge in [0.15, 0.2) is 0 Å². The van der Waals surface area contributed by atoms with E-state index in [0.717, 1.165) is 16.5 Å². The summed E-state index contributed by atoms with van der Waals surface area (Å²) in [6, 6.07) is 7.45. The molecular formula is C16H15N5O2S. The van der Waals surface area contributed by atoms with Crippen molar-refractivity contribution >= 4 is 39.2 Å². The maximum absolute atomic E-state index is 12.5. The Morgan fingerprint density at radius 1 is 1.42 bits per heavy atom. The van der Waals surface area contributed by atoms with Crippen LogP contribution in [0.4, 0.5) is 5.13 Å². The normalized spacial score (nSPS) is 17.6. The van der Waals surface area contributed by atoms with Crippen molar-refractivity contribution in [3.05, 3.63) is 41.5 Å². The molecule has 0 aliphatic carbocycles. The highest BCUT2D eigenvalue weighted by Gasteiger charge is 2.36. The zero-order valence-electron chi connectivity index (χ0n) is 12.7. The molecular weight excluding hydrogens is 326 g/mol. The largest absolute Gasteiger partial charge is 0.361 e. The van der Waals surface area contributed by atoms with Crippen LogP contribution in [0.5, 0.6) is 0 Å². The number of nitrogens with zero attached hydrogens (tertiary/aromatic N) is 3. The van der Waals surface area contributed by atoms with E-state index in [2.05, 4.69) is 20.5 Å². The van der Waals surface area contributed by atoms with E-state index in [1.165, 1.54) is 11.3 Å². The summed E-state index contributed by atoms with van der Waals surface area (Å²) in [4.78, 5) is 29.6. The summed E-state index contributed by atoms with van der Waals surface area (Å²) in [5.74, 6) is -0.213. The lowest BCUT2D eigenvalue weighted by Gasteiger charge is -2.23. The summed E-state index contributed by atoms with van der Waals surface area (Å²) >= 11 is 1.26. The van der Waals surface area contributed by atoms with Crippen molar-refractivity contribution in [3.63, 3.8) is 0 Å². The number of amides is 2. The van der Waals surface area contributed by atoms with Crippen LogP contribution in [-0.2, 0) is 16.1 Å². The predicted octanol–water partition coefficient (Wildman–Crippen LogP) is 2.15. The number of carbonyl (C=O) groups is 2. The number of aromatic amines is 1. The van der Waals surface area contributed by atoms with E-state index in [0.29, 0.717) is 24.5 Å². The number of likely N-dealkylation sites (tertiary alicyclic amines) is 1. The number of nitrogens with one attached hydrogen (secondary N) is 2. The molecule has 1 fully saturated rings. The average molecular weight is 341 g/mol.